The lowest BCUT2D eigenvalue weighted by atomic mass is 10.1. The van der Waals surface area contributed by atoms with Crippen molar-refractivity contribution in [1.29, 1.82) is 5.26 Å². The molecule has 0 spiro atoms. The van der Waals surface area contributed by atoms with E-state index in [-0.39, 0.29) is 22.8 Å². The van der Waals surface area contributed by atoms with Gasteiger partial charge >= 0.3 is 0 Å². The van der Waals surface area contributed by atoms with E-state index in [9.17, 15) is 14.9 Å². The summed E-state index contributed by atoms with van der Waals surface area (Å²) in [7, 11) is 0. The molecule has 0 bridgehead atoms. The molecule has 0 radical (unpaired) electrons. The number of fused-ring (bicyclic) bond motifs is 1. The van der Waals surface area contributed by atoms with Gasteiger partial charge in [0.25, 0.3) is 11.5 Å². The van der Waals surface area contributed by atoms with E-state index in [1.54, 1.807) is 12.3 Å². The lowest BCUT2D eigenvalue weighted by Crippen LogP contribution is -2.47. The van der Waals surface area contributed by atoms with Crippen molar-refractivity contribution in [2.75, 3.05) is 49.1 Å². The molecule has 0 saturated carbocycles. The minimum absolute atomic E-state index is 0.0451. The van der Waals surface area contributed by atoms with Crippen molar-refractivity contribution in [3.05, 3.63) is 75.7 Å². The van der Waals surface area contributed by atoms with Crippen LogP contribution in [0.5, 0.6) is 0 Å². The van der Waals surface area contributed by atoms with E-state index < -0.39 is 5.91 Å². The standard InChI is InChI=1S/C28H30N6O3/c1-20-7-5-11-34-25(20)31-26(33-14-12-32(13-15-33)22-8-3-2-4-9-22)24(28(34)36)17-21(18-29)27(35)30-19-23-10-6-16-37-23/h2-5,7-9,11,17,23H,6,10,12-16,19H2,1H3,(H,30,35). The van der Waals surface area contributed by atoms with E-state index in [2.05, 4.69) is 27.2 Å². The number of piperazine rings is 1. The molecular weight excluding hydrogens is 468 g/mol. The van der Waals surface area contributed by atoms with Gasteiger partial charge in [0, 0.05) is 51.2 Å². The highest BCUT2D eigenvalue weighted by atomic mass is 16.5. The summed E-state index contributed by atoms with van der Waals surface area (Å²) in [5, 5.41) is 12.6. The maximum Gasteiger partial charge on any atom is 0.267 e. The van der Waals surface area contributed by atoms with Crippen molar-refractivity contribution in [2.45, 2.75) is 25.9 Å². The molecule has 5 rings (SSSR count). The molecule has 2 saturated heterocycles. The van der Waals surface area contributed by atoms with Crippen molar-refractivity contribution in [3.8, 4) is 6.07 Å². The average molecular weight is 499 g/mol. The number of aromatic nitrogens is 2. The summed E-state index contributed by atoms with van der Waals surface area (Å²) in [6, 6.07) is 15.9. The van der Waals surface area contributed by atoms with Gasteiger partial charge in [0.05, 0.1) is 11.7 Å². The number of carbonyl (C=O) groups excluding carboxylic acids is 1. The van der Waals surface area contributed by atoms with Crippen LogP contribution in [0.4, 0.5) is 11.5 Å². The molecule has 1 amide bonds. The normalized spacial score (nSPS) is 18.2. The van der Waals surface area contributed by atoms with Crippen LogP contribution in [0, 0.1) is 18.3 Å². The summed E-state index contributed by atoms with van der Waals surface area (Å²) < 4.78 is 7.04. The first-order valence-electron chi connectivity index (χ1n) is 12.6. The van der Waals surface area contributed by atoms with Crippen molar-refractivity contribution >= 4 is 29.1 Å². The third-order valence-corrected chi connectivity index (χ3v) is 6.93. The Kier molecular flexibility index (Phi) is 7.19. The first-order chi connectivity index (χ1) is 18.0. The third kappa shape index (κ3) is 5.20. The Morgan fingerprint density at radius 1 is 1.16 bits per heavy atom. The van der Waals surface area contributed by atoms with E-state index in [4.69, 9.17) is 9.72 Å². The number of nitrogens with zero attached hydrogens (tertiary/aromatic N) is 5. The molecule has 2 aliphatic heterocycles. The zero-order valence-electron chi connectivity index (χ0n) is 20.9. The lowest BCUT2D eigenvalue weighted by Gasteiger charge is -2.37. The van der Waals surface area contributed by atoms with Crippen molar-refractivity contribution in [3.63, 3.8) is 0 Å². The summed E-state index contributed by atoms with van der Waals surface area (Å²) in [6.07, 6.45) is 4.83. The van der Waals surface area contributed by atoms with Crippen LogP contribution in [0.3, 0.4) is 0 Å². The molecule has 0 aliphatic carbocycles. The predicted octanol–water partition coefficient (Wildman–Crippen LogP) is 2.53. The van der Waals surface area contributed by atoms with E-state index in [0.717, 1.165) is 37.2 Å². The molecule has 1 unspecified atom stereocenters. The zero-order chi connectivity index (χ0) is 25.8. The van der Waals surface area contributed by atoms with Gasteiger partial charge in [0.1, 0.15) is 23.1 Å². The lowest BCUT2D eigenvalue weighted by molar-refractivity contribution is -0.117. The van der Waals surface area contributed by atoms with Gasteiger partial charge in [-0.05, 0) is 49.6 Å². The Morgan fingerprint density at radius 3 is 2.62 bits per heavy atom. The Morgan fingerprint density at radius 2 is 1.92 bits per heavy atom. The van der Waals surface area contributed by atoms with Crippen LogP contribution >= 0.6 is 0 Å². The second-order valence-electron chi connectivity index (χ2n) is 9.36. The molecule has 2 aliphatic rings. The molecule has 37 heavy (non-hydrogen) atoms. The van der Waals surface area contributed by atoms with Crippen molar-refractivity contribution < 1.29 is 9.53 Å². The van der Waals surface area contributed by atoms with Gasteiger partial charge in [-0.1, -0.05) is 24.3 Å². The Bertz CT molecular complexity index is 1410. The average Bonchev–Trinajstić information content (AvgIpc) is 3.46. The molecule has 1 aromatic carbocycles. The Hall–Kier alpha value is -4.16. The minimum atomic E-state index is -0.522. The molecule has 1 atom stereocenters. The minimum Gasteiger partial charge on any atom is -0.376 e. The van der Waals surface area contributed by atoms with Crippen LogP contribution in [-0.2, 0) is 9.53 Å². The van der Waals surface area contributed by atoms with Gasteiger partial charge < -0.3 is 19.9 Å². The molecule has 3 aromatic rings. The highest BCUT2D eigenvalue weighted by Crippen LogP contribution is 2.24. The largest absolute Gasteiger partial charge is 0.376 e. The quantitative estimate of drug-likeness (QED) is 0.412. The molecule has 4 heterocycles. The molecular formula is C28H30N6O3. The second kappa shape index (κ2) is 10.8. The second-order valence-corrected chi connectivity index (χ2v) is 9.36. The summed E-state index contributed by atoms with van der Waals surface area (Å²) in [4.78, 5) is 35.7. The number of rotatable bonds is 6. The summed E-state index contributed by atoms with van der Waals surface area (Å²) in [5.41, 5.74) is 2.38. The number of benzene rings is 1. The van der Waals surface area contributed by atoms with Crippen LogP contribution in [0.2, 0.25) is 0 Å². The first kappa shape index (κ1) is 24.5. The maximum atomic E-state index is 13.7. The summed E-state index contributed by atoms with van der Waals surface area (Å²) >= 11 is 0. The highest BCUT2D eigenvalue weighted by molar-refractivity contribution is 6.02. The molecule has 9 heteroatoms. The molecule has 9 nitrogen and oxygen atoms in total. The maximum absolute atomic E-state index is 13.7. The molecule has 190 valence electrons. The number of amides is 1. The van der Waals surface area contributed by atoms with Gasteiger partial charge in [0.2, 0.25) is 0 Å². The van der Waals surface area contributed by atoms with E-state index in [1.807, 2.05) is 37.3 Å². The number of ether oxygens (including phenoxy) is 1. The monoisotopic (exact) mass is 498 g/mol. The van der Waals surface area contributed by atoms with Crippen LogP contribution in [0.25, 0.3) is 11.7 Å². The van der Waals surface area contributed by atoms with Gasteiger partial charge in [-0.3, -0.25) is 14.0 Å². The van der Waals surface area contributed by atoms with Crippen LogP contribution in [0.15, 0.2) is 59.0 Å². The number of para-hydroxylation sites is 1. The Balaban J connectivity index is 1.48. The van der Waals surface area contributed by atoms with Crippen LogP contribution in [-0.4, -0.2) is 60.7 Å². The van der Waals surface area contributed by atoms with Gasteiger partial charge in [-0.15, -0.1) is 0 Å². The predicted molar refractivity (Wildman–Crippen MR) is 143 cm³/mol. The molecule has 1 N–H and O–H groups in total. The van der Waals surface area contributed by atoms with Gasteiger partial charge in [0.15, 0.2) is 0 Å². The third-order valence-electron chi connectivity index (χ3n) is 6.93. The zero-order valence-corrected chi connectivity index (χ0v) is 20.9. The summed E-state index contributed by atoms with van der Waals surface area (Å²) in [5.74, 6) is -0.0294. The highest BCUT2D eigenvalue weighted by Gasteiger charge is 2.24. The first-order valence-corrected chi connectivity index (χ1v) is 12.6. The number of aryl methyl sites for hydroxylation is 1. The topological polar surface area (TPSA) is 103 Å². The fourth-order valence-corrected chi connectivity index (χ4v) is 4.88. The number of pyridine rings is 1. The van der Waals surface area contributed by atoms with Gasteiger partial charge in [-0.25, -0.2) is 4.98 Å². The number of hydrogen-bond acceptors (Lipinski definition) is 7. The smallest absolute Gasteiger partial charge is 0.267 e. The number of nitriles is 1. The Labute approximate surface area is 215 Å². The van der Waals surface area contributed by atoms with Crippen LogP contribution in [0.1, 0.15) is 24.0 Å². The van der Waals surface area contributed by atoms with Gasteiger partial charge in [-0.2, -0.15) is 5.26 Å². The number of nitrogens with one attached hydrogen (secondary N) is 1. The molecule has 2 fully saturated rings. The fourth-order valence-electron chi connectivity index (χ4n) is 4.88. The number of anilines is 2. The molecule has 2 aromatic heterocycles. The summed E-state index contributed by atoms with van der Waals surface area (Å²) in [6.45, 7) is 5.74. The van der Waals surface area contributed by atoms with E-state index in [0.29, 0.717) is 37.7 Å². The number of hydrogen-bond donors (Lipinski definition) is 1. The fraction of sp³-hybridized carbons (Fsp3) is 0.357. The van der Waals surface area contributed by atoms with E-state index in [1.165, 1.54) is 10.5 Å². The van der Waals surface area contributed by atoms with E-state index >= 15 is 0 Å². The SMILES string of the molecule is Cc1cccn2c(=O)c(C=C(C#N)C(=O)NCC3CCCO3)c(N3CCN(c4ccccc4)CC3)nc12. The van der Waals surface area contributed by atoms with Crippen molar-refractivity contribution in [2.24, 2.45) is 0 Å². The number of carbonyl (C=O) groups is 1. The van der Waals surface area contributed by atoms with Crippen LogP contribution < -0.4 is 20.7 Å². The van der Waals surface area contributed by atoms with Crippen molar-refractivity contribution in [1.82, 2.24) is 14.7 Å².